The zero-order chi connectivity index (χ0) is 38.1. The number of thiazole rings is 2. The van der Waals surface area contributed by atoms with Crippen LogP contribution >= 0.6 is 45.9 Å². The van der Waals surface area contributed by atoms with Crippen molar-refractivity contribution in [1.29, 1.82) is 0 Å². The zero-order valence-electron chi connectivity index (χ0n) is 29.7. The maximum Gasteiger partial charge on any atom is 0.298 e. The number of nitrogens with zero attached hydrogens (tertiary/aromatic N) is 8. The predicted molar refractivity (Wildman–Crippen MR) is 215 cm³/mol. The van der Waals surface area contributed by atoms with Gasteiger partial charge in [-0.05, 0) is 25.5 Å². The van der Waals surface area contributed by atoms with E-state index in [1.807, 2.05) is 51.8 Å². The third-order valence-corrected chi connectivity index (χ3v) is 9.32. The lowest BCUT2D eigenvalue weighted by Crippen LogP contribution is -2.15. The molecule has 6 heterocycles. The SMILES string of the molecule is C.COc1ncc(CC(=O)Cc2cnc3sc(C)nc3c2N(C)C)cc1Cl.COc1ncc(OC=O)cc1Cl.Cc1nc2c(N(C)C)c(N)cnc2s1. The first kappa shape index (κ1) is 42.5. The van der Waals surface area contributed by atoms with Gasteiger partial charge in [0.2, 0.25) is 11.8 Å². The minimum Gasteiger partial charge on any atom is -0.480 e. The number of nitrogens with two attached hydrogens (primary N) is 1. The Morgan fingerprint density at radius 1 is 0.792 bits per heavy atom. The molecule has 282 valence electrons. The van der Waals surface area contributed by atoms with Crippen LogP contribution in [-0.4, -0.2) is 84.6 Å². The molecule has 0 saturated carbocycles. The van der Waals surface area contributed by atoms with Crippen molar-refractivity contribution in [2.45, 2.75) is 34.1 Å². The lowest BCUT2D eigenvalue weighted by molar-refractivity contribution is -0.121. The number of aryl methyl sites for hydroxylation is 2. The number of ether oxygens (including phenoxy) is 3. The van der Waals surface area contributed by atoms with Gasteiger partial charge >= 0.3 is 0 Å². The Labute approximate surface area is 325 Å². The maximum absolute atomic E-state index is 12.6. The van der Waals surface area contributed by atoms with Gasteiger partial charge in [-0.1, -0.05) is 53.3 Å². The number of ketones is 1. The number of pyridine rings is 4. The largest absolute Gasteiger partial charge is 0.480 e. The summed E-state index contributed by atoms with van der Waals surface area (Å²) in [6, 6.07) is 3.16. The number of carbonyl (C=O) groups excluding carboxylic acids is 2. The topological polar surface area (TPSA) is 172 Å². The van der Waals surface area contributed by atoms with Crippen molar-refractivity contribution < 1.29 is 23.8 Å². The molecule has 0 aliphatic carbocycles. The van der Waals surface area contributed by atoms with E-state index in [1.165, 1.54) is 26.5 Å². The predicted octanol–water partition coefficient (Wildman–Crippen LogP) is 7.04. The number of fused-ring (bicyclic) bond motifs is 2. The summed E-state index contributed by atoms with van der Waals surface area (Å²) in [6.45, 7) is 4.23. The molecule has 0 bridgehead atoms. The van der Waals surface area contributed by atoms with Crippen LogP contribution < -0.4 is 29.7 Å². The van der Waals surface area contributed by atoms with Gasteiger partial charge in [0.25, 0.3) is 6.47 Å². The summed E-state index contributed by atoms with van der Waals surface area (Å²) in [7, 11) is 10.8. The summed E-state index contributed by atoms with van der Waals surface area (Å²) in [4.78, 5) is 53.9. The number of hydrogen-bond donors (Lipinski definition) is 1. The molecule has 0 spiro atoms. The Hall–Kier alpha value is -4.90. The smallest absolute Gasteiger partial charge is 0.298 e. The Balaban J connectivity index is 0.000000236. The minimum absolute atomic E-state index is 0. The van der Waals surface area contributed by atoms with Crippen LogP contribution in [0.1, 0.15) is 28.6 Å². The van der Waals surface area contributed by atoms with E-state index < -0.39 is 0 Å². The number of methoxy groups -OCH3 is 2. The van der Waals surface area contributed by atoms with E-state index in [-0.39, 0.29) is 31.8 Å². The molecule has 0 aliphatic rings. The van der Waals surface area contributed by atoms with E-state index in [0.717, 1.165) is 53.2 Å². The zero-order valence-corrected chi connectivity index (χ0v) is 32.9. The number of Topliss-reactive ketones (excluding diaryl/α,β-unsaturated/α-hetero) is 1. The van der Waals surface area contributed by atoms with E-state index >= 15 is 0 Å². The minimum atomic E-state index is 0. The third kappa shape index (κ3) is 10.8. The van der Waals surface area contributed by atoms with Crippen LogP contribution in [0.25, 0.3) is 20.7 Å². The molecular formula is C35H41Cl2N9O5S2. The van der Waals surface area contributed by atoms with Gasteiger partial charge in [-0.2, -0.15) is 0 Å². The fraction of sp³-hybridized carbons (Fsp3) is 0.314. The van der Waals surface area contributed by atoms with Crippen molar-refractivity contribution in [2.24, 2.45) is 0 Å². The fourth-order valence-corrected chi connectivity index (χ4v) is 7.00. The Morgan fingerprint density at radius 2 is 1.32 bits per heavy atom. The highest BCUT2D eigenvalue weighted by molar-refractivity contribution is 7.18. The quantitative estimate of drug-likeness (QED) is 0.140. The number of carbonyl (C=O) groups is 2. The molecule has 0 fully saturated rings. The molecule has 6 aromatic rings. The van der Waals surface area contributed by atoms with Crippen molar-refractivity contribution in [2.75, 3.05) is 57.9 Å². The molecule has 2 N–H and O–H groups in total. The maximum atomic E-state index is 12.6. The molecule has 6 aromatic heterocycles. The second-order valence-corrected chi connectivity index (χ2v) is 14.5. The molecule has 14 nitrogen and oxygen atoms in total. The molecule has 0 aliphatic heterocycles. The first-order valence-electron chi connectivity index (χ1n) is 15.4. The summed E-state index contributed by atoms with van der Waals surface area (Å²) in [6.07, 6.45) is 6.94. The van der Waals surface area contributed by atoms with Gasteiger partial charge in [0.15, 0.2) is 5.75 Å². The fourth-order valence-electron chi connectivity index (χ4n) is 4.98. The van der Waals surface area contributed by atoms with Gasteiger partial charge in [0, 0.05) is 65.1 Å². The molecule has 0 saturated heterocycles. The highest BCUT2D eigenvalue weighted by atomic mass is 35.5. The van der Waals surface area contributed by atoms with Crippen molar-refractivity contribution >= 4 is 95.9 Å². The van der Waals surface area contributed by atoms with Crippen LogP contribution in [-0.2, 0) is 22.4 Å². The summed E-state index contributed by atoms with van der Waals surface area (Å²) in [5.41, 5.74) is 11.8. The van der Waals surface area contributed by atoms with Gasteiger partial charge < -0.3 is 29.7 Å². The number of anilines is 3. The van der Waals surface area contributed by atoms with E-state index in [1.54, 1.807) is 47.3 Å². The third-order valence-electron chi connectivity index (χ3n) is 7.02. The monoisotopic (exact) mass is 801 g/mol. The van der Waals surface area contributed by atoms with Crippen molar-refractivity contribution in [1.82, 2.24) is 29.9 Å². The van der Waals surface area contributed by atoms with Crippen LogP contribution in [0.3, 0.4) is 0 Å². The average Bonchev–Trinajstić information content (AvgIpc) is 3.65. The van der Waals surface area contributed by atoms with E-state index in [2.05, 4.69) is 34.6 Å². The molecule has 0 atom stereocenters. The summed E-state index contributed by atoms with van der Waals surface area (Å²) in [5.74, 6) is 1.00. The summed E-state index contributed by atoms with van der Waals surface area (Å²) < 4.78 is 14.3. The number of aromatic nitrogens is 6. The number of hydrogen-bond acceptors (Lipinski definition) is 16. The molecule has 0 unspecified atom stereocenters. The first-order valence-corrected chi connectivity index (χ1v) is 17.8. The second-order valence-electron chi connectivity index (χ2n) is 11.4. The van der Waals surface area contributed by atoms with E-state index in [4.69, 9.17) is 38.4 Å². The van der Waals surface area contributed by atoms with Crippen LogP contribution in [0.15, 0.2) is 36.9 Å². The van der Waals surface area contributed by atoms with Crippen LogP contribution in [0.2, 0.25) is 10.0 Å². The molecular weight excluding hydrogens is 761 g/mol. The van der Waals surface area contributed by atoms with Crippen molar-refractivity contribution in [3.8, 4) is 17.5 Å². The highest BCUT2D eigenvalue weighted by Gasteiger charge is 2.18. The Bertz CT molecular complexity index is 2200. The summed E-state index contributed by atoms with van der Waals surface area (Å²) in [5, 5.41) is 2.67. The second kappa shape index (κ2) is 19.3. The van der Waals surface area contributed by atoms with E-state index in [0.29, 0.717) is 34.0 Å². The van der Waals surface area contributed by atoms with Crippen molar-refractivity contribution in [3.63, 3.8) is 0 Å². The van der Waals surface area contributed by atoms with Gasteiger partial charge in [0.1, 0.15) is 36.5 Å². The van der Waals surface area contributed by atoms with Gasteiger partial charge in [-0.25, -0.2) is 29.9 Å². The highest BCUT2D eigenvalue weighted by Crippen LogP contribution is 2.33. The number of rotatable bonds is 10. The molecule has 0 radical (unpaired) electrons. The average molecular weight is 803 g/mol. The van der Waals surface area contributed by atoms with Crippen LogP contribution in [0.4, 0.5) is 17.1 Å². The van der Waals surface area contributed by atoms with Gasteiger partial charge in [-0.15, -0.1) is 0 Å². The Morgan fingerprint density at radius 3 is 1.83 bits per heavy atom. The van der Waals surface area contributed by atoms with Crippen molar-refractivity contribution in [3.05, 3.63) is 68.1 Å². The molecule has 0 aromatic carbocycles. The first-order chi connectivity index (χ1) is 24.8. The molecule has 18 heteroatoms. The normalized spacial score (nSPS) is 10.3. The Kier molecular flexibility index (Phi) is 15.4. The lowest BCUT2D eigenvalue weighted by Gasteiger charge is -2.17. The molecule has 0 amide bonds. The number of halogens is 2. The lowest BCUT2D eigenvalue weighted by atomic mass is 10.0. The van der Waals surface area contributed by atoms with Gasteiger partial charge in [-0.3, -0.25) is 9.59 Å². The molecule has 53 heavy (non-hydrogen) atoms. The van der Waals surface area contributed by atoms with E-state index in [9.17, 15) is 9.59 Å². The van der Waals surface area contributed by atoms with Gasteiger partial charge in [0.05, 0.1) is 53.7 Å². The number of nitrogen functional groups attached to an aromatic ring is 1. The molecule has 6 rings (SSSR count). The van der Waals surface area contributed by atoms with Crippen LogP contribution in [0.5, 0.6) is 17.5 Å². The standard InChI is InChI=1S/C18H19ClN4O2S.C9H12N4S.C7H6ClNO3.CH4/c1-10-22-15-16(23(2)3)12(9-21-18(15)26-10)7-13(24)5-11-6-14(19)17(25-4)20-8-11;1-5-12-7-8(13(2)3)6(10)4-11-9(7)14-5;1-11-7-6(8)2-5(3-9-7)12-4-10;/h6,8-9H,5,7H2,1-4H3;4H,10H2,1-3H3;2-4H,1H3;1H4. The summed E-state index contributed by atoms with van der Waals surface area (Å²) >= 11 is 14.9. The van der Waals surface area contributed by atoms with Crippen LogP contribution in [0, 0.1) is 13.8 Å².